The van der Waals surface area contributed by atoms with E-state index in [1.165, 1.54) is 11.3 Å². The number of thiophene rings is 1. The van der Waals surface area contributed by atoms with Gasteiger partial charge in [0.05, 0.1) is 11.0 Å². The Hall–Kier alpha value is -3.92. The van der Waals surface area contributed by atoms with Gasteiger partial charge in [-0.05, 0) is 75.8 Å². The van der Waals surface area contributed by atoms with Crippen LogP contribution in [0, 0.1) is 0 Å². The lowest BCUT2D eigenvalue weighted by Crippen LogP contribution is -2.42. The molecule has 8 nitrogen and oxygen atoms in total. The number of fused-ring (bicyclic) bond motifs is 1. The molecule has 1 aliphatic rings. The highest BCUT2D eigenvalue weighted by Crippen LogP contribution is 2.37. The number of aromatic nitrogens is 3. The normalized spacial score (nSPS) is 15.1. The fourth-order valence-electron chi connectivity index (χ4n) is 5.50. The van der Waals surface area contributed by atoms with Gasteiger partial charge in [-0.2, -0.15) is 0 Å². The number of benzene rings is 2. The number of nitrogens with two attached hydrogens (primary N) is 1. The summed E-state index contributed by atoms with van der Waals surface area (Å²) in [5.74, 6) is 0.866. The molecule has 0 unspecified atom stereocenters. The van der Waals surface area contributed by atoms with Crippen LogP contribution in [0.4, 0.5) is 5.82 Å². The molecule has 1 aliphatic heterocycles. The van der Waals surface area contributed by atoms with Crippen molar-refractivity contribution in [2.75, 3.05) is 32.1 Å². The van der Waals surface area contributed by atoms with Crippen LogP contribution in [0.2, 0.25) is 5.02 Å². The van der Waals surface area contributed by atoms with Gasteiger partial charge in [-0.1, -0.05) is 35.9 Å². The minimum Gasteiger partial charge on any atom is -0.484 e. The zero-order valence-electron chi connectivity index (χ0n) is 23.8. The lowest BCUT2D eigenvalue weighted by atomic mass is 10.0. The Labute approximate surface area is 254 Å². The Morgan fingerprint density at radius 3 is 2.57 bits per heavy atom. The molecule has 42 heavy (non-hydrogen) atoms. The number of hydrogen-bond donors (Lipinski definition) is 1. The average Bonchev–Trinajstić information content (AvgIpc) is 3.61. The number of rotatable bonds is 8. The minimum atomic E-state index is -0.545. The molecular formula is C32H33ClN6O2S. The van der Waals surface area contributed by atoms with E-state index >= 15 is 0 Å². The van der Waals surface area contributed by atoms with Crippen molar-refractivity contribution in [3.05, 3.63) is 88.7 Å². The third kappa shape index (κ3) is 5.60. The molecule has 0 saturated carbocycles. The van der Waals surface area contributed by atoms with Crippen LogP contribution in [0.25, 0.3) is 27.2 Å². The fourth-order valence-corrected chi connectivity index (χ4v) is 6.72. The number of carbonyl (C=O) groups is 1. The monoisotopic (exact) mass is 600 g/mol. The molecule has 1 atom stereocenters. The maximum Gasteiger partial charge on any atom is 0.262 e. The highest BCUT2D eigenvalue weighted by atomic mass is 35.5. The number of anilines is 1. The van der Waals surface area contributed by atoms with Crippen LogP contribution in [0.15, 0.2) is 73.2 Å². The molecule has 1 amide bonds. The highest BCUT2D eigenvalue weighted by molar-refractivity contribution is 7.16. The van der Waals surface area contributed by atoms with Gasteiger partial charge in [0.1, 0.15) is 33.9 Å². The second-order valence-corrected chi connectivity index (χ2v) is 12.2. The van der Waals surface area contributed by atoms with Crippen molar-refractivity contribution < 1.29 is 9.53 Å². The Morgan fingerprint density at radius 2 is 1.86 bits per heavy atom. The predicted octanol–water partition coefficient (Wildman–Crippen LogP) is 6.57. The van der Waals surface area contributed by atoms with Crippen molar-refractivity contribution in [1.82, 2.24) is 19.4 Å². The molecule has 6 rings (SSSR count). The smallest absolute Gasteiger partial charge is 0.262 e. The summed E-state index contributed by atoms with van der Waals surface area (Å²) in [5, 5.41) is 1.38. The number of nitrogens with zero attached hydrogens (tertiary/aromatic N) is 5. The van der Waals surface area contributed by atoms with Crippen molar-refractivity contribution in [3.63, 3.8) is 0 Å². The van der Waals surface area contributed by atoms with Gasteiger partial charge in [0, 0.05) is 41.5 Å². The van der Waals surface area contributed by atoms with Gasteiger partial charge in [-0.25, -0.2) is 9.97 Å². The number of piperidine rings is 1. The second-order valence-electron chi connectivity index (χ2n) is 10.8. The molecule has 1 fully saturated rings. The molecule has 2 aromatic carbocycles. The number of ether oxygens (including phenoxy) is 1. The maximum absolute atomic E-state index is 12.3. The van der Waals surface area contributed by atoms with Crippen LogP contribution in [0.3, 0.4) is 0 Å². The predicted molar refractivity (Wildman–Crippen MR) is 170 cm³/mol. The molecule has 0 bridgehead atoms. The lowest BCUT2D eigenvalue weighted by Gasteiger charge is -2.35. The van der Waals surface area contributed by atoms with Crippen LogP contribution in [-0.2, 0) is 0 Å². The van der Waals surface area contributed by atoms with Crippen LogP contribution < -0.4 is 15.4 Å². The largest absolute Gasteiger partial charge is 0.484 e. The van der Waals surface area contributed by atoms with E-state index in [1.807, 2.05) is 54.1 Å². The van der Waals surface area contributed by atoms with E-state index < -0.39 is 5.91 Å². The van der Waals surface area contributed by atoms with Crippen molar-refractivity contribution >= 4 is 45.7 Å². The second kappa shape index (κ2) is 11.8. The molecule has 2 N–H and O–H groups in total. The zero-order chi connectivity index (χ0) is 29.4. The summed E-state index contributed by atoms with van der Waals surface area (Å²) in [6.07, 6.45) is 5.61. The quantitative estimate of drug-likeness (QED) is 0.217. The van der Waals surface area contributed by atoms with Crippen LogP contribution >= 0.6 is 22.9 Å². The van der Waals surface area contributed by atoms with E-state index in [9.17, 15) is 4.79 Å². The van der Waals surface area contributed by atoms with Crippen molar-refractivity contribution in [2.45, 2.75) is 31.9 Å². The van der Waals surface area contributed by atoms with Gasteiger partial charge in [0.2, 0.25) is 0 Å². The summed E-state index contributed by atoms with van der Waals surface area (Å²) in [6, 6.07) is 20.2. The molecule has 3 aromatic heterocycles. The van der Waals surface area contributed by atoms with E-state index in [0.717, 1.165) is 64.5 Å². The van der Waals surface area contributed by atoms with Gasteiger partial charge in [0.25, 0.3) is 5.91 Å². The summed E-state index contributed by atoms with van der Waals surface area (Å²) in [5.41, 5.74) is 10.4. The molecule has 5 aromatic rings. The number of pyridine rings is 1. The highest BCUT2D eigenvalue weighted by Gasteiger charge is 2.23. The third-order valence-corrected chi connectivity index (χ3v) is 9.49. The Bertz CT molecular complexity index is 1720. The maximum atomic E-state index is 12.3. The minimum absolute atomic E-state index is 0.346. The van der Waals surface area contributed by atoms with E-state index in [0.29, 0.717) is 21.7 Å². The first-order valence-corrected chi connectivity index (χ1v) is 15.2. The number of carbonyl (C=O) groups excluding carboxylic acids is 1. The van der Waals surface area contributed by atoms with Gasteiger partial charge in [-0.15, -0.1) is 11.3 Å². The zero-order valence-corrected chi connectivity index (χ0v) is 25.4. The van der Waals surface area contributed by atoms with Crippen molar-refractivity contribution in [3.8, 4) is 21.9 Å². The van der Waals surface area contributed by atoms with Crippen molar-refractivity contribution in [2.24, 2.45) is 5.73 Å². The van der Waals surface area contributed by atoms with Gasteiger partial charge in [-0.3, -0.25) is 9.36 Å². The third-order valence-electron chi connectivity index (χ3n) is 8.02. The average molecular weight is 601 g/mol. The van der Waals surface area contributed by atoms with Gasteiger partial charge >= 0.3 is 0 Å². The van der Waals surface area contributed by atoms with E-state index in [1.54, 1.807) is 6.33 Å². The molecule has 4 heterocycles. The Morgan fingerprint density at radius 1 is 1.10 bits per heavy atom. The first-order valence-electron chi connectivity index (χ1n) is 14.0. The number of halogens is 1. The standard InChI is InChI=1S/C32H33ClN6O2S/c1-20(24-6-4-5-7-25(24)33)41-28-17-30(42-31(28)32(34)40)39-19-36-26-16-21(8-10-27(26)39)22-9-11-29(35-18-22)38(3)23-12-14-37(2)15-13-23/h4-11,16-20,23H,12-15H2,1-3H3,(H2,34,40)/t20-/m1/s1. The Kier molecular flexibility index (Phi) is 7.90. The molecule has 0 spiro atoms. The Balaban J connectivity index is 1.23. The molecule has 1 saturated heterocycles. The SMILES string of the molecule is C[C@@H](Oc1cc(-n2cnc3cc(-c4ccc(N(C)C5CCN(C)CC5)nc4)ccc32)sc1C(N)=O)c1ccccc1Cl. The number of amides is 1. The van der Waals surface area contributed by atoms with E-state index in [4.69, 9.17) is 27.1 Å². The van der Waals surface area contributed by atoms with Crippen LogP contribution in [0.5, 0.6) is 5.75 Å². The number of hydrogen-bond acceptors (Lipinski definition) is 7. The van der Waals surface area contributed by atoms with Crippen LogP contribution in [0.1, 0.15) is 41.1 Å². The van der Waals surface area contributed by atoms with E-state index in [-0.39, 0.29) is 6.10 Å². The molecule has 216 valence electrons. The topological polar surface area (TPSA) is 89.5 Å². The van der Waals surface area contributed by atoms with E-state index in [2.05, 4.69) is 53.1 Å². The molecule has 10 heteroatoms. The summed E-state index contributed by atoms with van der Waals surface area (Å²) in [7, 11) is 4.32. The van der Waals surface area contributed by atoms with Gasteiger partial charge < -0.3 is 20.3 Å². The number of likely N-dealkylation sites (tertiary alicyclic amines) is 1. The molecular weight excluding hydrogens is 568 g/mol. The lowest BCUT2D eigenvalue weighted by molar-refractivity contribution is 0.0998. The van der Waals surface area contributed by atoms with Crippen molar-refractivity contribution in [1.29, 1.82) is 0 Å². The summed E-state index contributed by atoms with van der Waals surface area (Å²) < 4.78 is 8.14. The summed E-state index contributed by atoms with van der Waals surface area (Å²) >= 11 is 7.64. The molecule has 0 radical (unpaired) electrons. The van der Waals surface area contributed by atoms with Crippen LogP contribution in [-0.4, -0.2) is 58.6 Å². The number of primary amides is 1. The molecule has 0 aliphatic carbocycles. The summed E-state index contributed by atoms with van der Waals surface area (Å²) in [4.78, 5) is 26.8. The van der Waals surface area contributed by atoms with Gasteiger partial charge in [0.15, 0.2) is 0 Å². The first kappa shape index (κ1) is 28.2. The summed E-state index contributed by atoms with van der Waals surface area (Å²) in [6.45, 7) is 4.13. The number of imidazole rings is 1. The first-order chi connectivity index (χ1) is 20.3. The fraction of sp³-hybridized carbons (Fsp3) is 0.281.